The second kappa shape index (κ2) is 8.94. The maximum Gasteiger partial charge on any atom is 0.321 e. The number of hydrogen-bond donors (Lipinski definition) is 2. The molecule has 0 bridgehead atoms. The van der Waals surface area contributed by atoms with Crippen LogP contribution in [0.4, 0.5) is 10.5 Å². The van der Waals surface area contributed by atoms with Crippen LogP contribution >= 0.6 is 11.6 Å². The average Bonchev–Trinajstić information content (AvgIpc) is 2.58. The molecular formula is C18H20ClN3O3. The Morgan fingerprint density at radius 3 is 2.52 bits per heavy atom. The third-order valence-corrected chi connectivity index (χ3v) is 3.73. The zero-order chi connectivity index (χ0) is 18.2. The SMILES string of the molecule is CN(CCOc1ccc(Cl)cc1)C(=O)Nc1ccccc1CC(N)=O. The Morgan fingerprint density at radius 2 is 1.84 bits per heavy atom. The van der Waals surface area contributed by atoms with Crippen molar-refractivity contribution in [1.82, 2.24) is 4.90 Å². The van der Waals surface area contributed by atoms with Crippen LogP contribution in [0.3, 0.4) is 0 Å². The van der Waals surface area contributed by atoms with Gasteiger partial charge in [0.05, 0.1) is 13.0 Å². The van der Waals surface area contributed by atoms with Crippen LogP contribution in [0.2, 0.25) is 5.02 Å². The van der Waals surface area contributed by atoms with Crippen LogP contribution in [-0.2, 0) is 11.2 Å². The Labute approximate surface area is 151 Å². The Kier molecular flexibility index (Phi) is 6.65. The van der Waals surface area contributed by atoms with E-state index in [2.05, 4.69) is 5.32 Å². The molecule has 0 aliphatic heterocycles. The summed E-state index contributed by atoms with van der Waals surface area (Å²) >= 11 is 5.81. The number of carbonyl (C=O) groups is 2. The van der Waals surface area contributed by atoms with Gasteiger partial charge in [-0.2, -0.15) is 0 Å². The van der Waals surface area contributed by atoms with E-state index >= 15 is 0 Å². The largest absolute Gasteiger partial charge is 0.492 e. The molecule has 0 fully saturated rings. The number of halogens is 1. The number of urea groups is 1. The second-order valence-corrected chi connectivity index (χ2v) is 5.89. The van der Waals surface area contributed by atoms with Crippen LogP contribution in [0.5, 0.6) is 5.75 Å². The number of benzene rings is 2. The molecule has 7 heteroatoms. The van der Waals surface area contributed by atoms with Crippen LogP contribution in [0.15, 0.2) is 48.5 Å². The molecule has 0 unspecified atom stereocenters. The molecule has 2 aromatic rings. The zero-order valence-electron chi connectivity index (χ0n) is 13.9. The summed E-state index contributed by atoms with van der Waals surface area (Å²) in [4.78, 5) is 24.9. The van der Waals surface area contributed by atoms with E-state index in [-0.39, 0.29) is 12.5 Å². The number of nitrogens with two attached hydrogens (primary N) is 1. The molecule has 132 valence electrons. The van der Waals surface area contributed by atoms with Gasteiger partial charge in [0.25, 0.3) is 0 Å². The number of rotatable bonds is 7. The van der Waals surface area contributed by atoms with Crippen molar-refractivity contribution in [3.63, 3.8) is 0 Å². The van der Waals surface area contributed by atoms with E-state index in [0.717, 1.165) is 0 Å². The number of para-hydroxylation sites is 1. The quantitative estimate of drug-likeness (QED) is 0.795. The van der Waals surface area contributed by atoms with Gasteiger partial charge < -0.3 is 20.7 Å². The third-order valence-electron chi connectivity index (χ3n) is 3.48. The zero-order valence-corrected chi connectivity index (χ0v) is 14.6. The number of carbonyl (C=O) groups excluding carboxylic acids is 2. The van der Waals surface area contributed by atoms with E-state index in [4.69, 9.17) is 22.1 Å². The second-order valence-electron chi connectivity index (χ2n) is 5.45. The van der Waals surface area contributed by atoms with Crippen molar-refractivity contribution in [2.75, 3.05) is 25.5 Å². The van der Waals surface area contributed by atoms with Crippen molar-refractivity contribution >= 4 is 29.2 Å². The maximum atomic E-state index is 12.3. The summed E-state index contributed by atoms with van der Waals surface area (Å²) in [6.07, 6.45) is 0.0693. The number of likely N-dealkylation sites (N-methyl/N-ethyl adjacent to an activating group) is 1. The van der Waals surface area contributed by atoms with Gasteiger partial charge in [-0.05, 0) is 35.9 Å². The van der Waals surface area contributed by atoms with Gasteiger partial charge in [-0.15, -0.1) is 0 Å². The van der Waals surface area contributed by atoms with Crippen molar-refractivity contribution in [3.05, 3.63) is 59.1 Å². The topological polar surface area (TPSA) is 84.7 Å². The van der Waals surface area contributed by atoms with Gasteiger partial charge >= 0.3 is 6.03 Å². The molecule has 0 spiro atoms. The number of nitrogens with one attached hydrogen (secondary N) is 1. The Morgan fingerprint density at radius 1 is 1.16 bits per heavy atom. The number of nitrogens with zero attached hydrogens (tertiary/aromatic N) is 1. The lowest BCUT2D eigenvalue weighted by molar-refractivity contribution is -0.117. The van der Waals surface area contributed by atoms with Gasteiger partial charge in [0.1, 0.15) is 12.4 Å². The number of ether oxygens (including phenoxy) is 1. The molecule has 2 aromatic carbocycles. The molecule has 25 heavy (non-hydrogen) atoms. The van der Waals surface area contributed by atoms with Gasteiger partial charge in [-0.1, -0.05) is 29.8 Å². The Hall–Kier alpha value is -2.73. The average molecular weight is 362 g/mol. The minimum Gasteiger partial charge on any atom is -0.492 e. The highest BCUT2D eigenvalue weighted by atomic mass is 35.5. The molecule has 2 rings (SSSR count). The lowest BCUT2D eigenvalue weighted by Crippen LogP contribution is -2.34. The van der Waals surface area contributed by atoms with Gasteiger partial charge in [-0.25, -0.2) is 4.79 Å². The smallest absolute Gasteiger partial charge is 0.321 e. The first-order valence-electron chi connectivity index (χ1n) is 7.72. The van der Waals surface area contributed by atoms with E-state index < -0.39 is 5.91 Å². The molecule has 6 nitrogen and oxygen atoms in total. The molecule has 0 aliphatic carbocycles. The minimum atomic E-state index is -0.452. The standard InChI is InChI=1S/C18H20ClN3O3/c1-22(10-11-25-15-8-6-14(19)7-9-15)18(24)21-16-5-3-2-4-13(16)12-17(20)23/h2-9H,10-12H2,1H3,(H2,20,23)(H,21,24). The highest BCUT2D eigenvalue weighted by Gasteiger charge is 2.12. The molecule has 0 atom stereocenters. The van der Waals surface area contributed by atoms with Crippen LogP contribution < -0.4 is 15.8 Å². The number of primary amides is 1. The molecule has 0 saturated carbocycles. The lowest BCUT2D eigenvalue weighted by Gasteiger charge is -2.19. The van der Waals surface area contributed by atoms with Gasteiger partial charge in [0.15, 0.2) is 0 Å². The fourth-order valence-corrected chi connectivity index (χ4v) is 2.25. The summed E-state index contributed by atoms with van der Waals surface area (Å²) in [7, 11) is 1.66. The van der Waals surface area contributed by atoms with Gasteiger partial charge in [-0.3, -0.25) is 4.79 Å². The van der Waals surface area contributed by atoms with Crippen molar-refractivity contribution in [1.29, 1.82) is 0 Å². The van der Waals surface area contributed by atoms with Gasteiger partial charge in [0, 0.05) is 17.8 Å². The Balaban J connectivity index is 1.86. The van der Waals surface area contributed by atoms with Crippen LogP contribution in [0, 0.1) is 0 Å². The first-order chi connectivity index (χ1) is 12.0. The summed E-state index contributed by atoms with van der Waals surface area (Å²) in [5, 5.41) is 3.42. The lowest BCUT2D eigenvalue weighted by atomic mass is 10.1. The van der Waals surface area contributed by atoms with Gasteiger partial charge in [0.2, 0.25) is 5.91 Å². The van der Waals surface area contributed by atoms with E-state index in [1.165, 1.54) is 4.90 Å². The molecular weight excluding hydrogens is 342 g/mol. The van der Waals surface area contributed by atoms with Crippen LogP contribution in [0.1, 0.15) is 5.56 Å². The molecule has 0 aliphatic rings. The summed E-state index contributed by atoms with van der Waals surface area (Å²) in [6, 6.07) is 13.8. The summed E-state index contributed by atoms with van der Waals surface area (Å²) in [5.74, 6) is 0.233. The molecule has 0 aromatic heterocycles. The molecule has 3 amide bonds. The molecule has 0 radical (unpaired) electrons. The first-order valence-corrected chi connectivity index (χ1v) is 8.10. The van der Waals surface area contributed by atoms with Crippen LogP contribution in [-0.4, -0.2) is 37.0 Å². The van der Waals surface area contributed by atoms with E-state index in [1.54, 1.807) is 55.6 Å². The monoisotopic (exact) mass is 361 g/mol. The minimum absolute atomic E-state index is 0.0693. The number of hydrogen-bond acceptors (Lipinski definition) is 3. The highest BCUT2D eigenvalue weighted by Crippen LogP contribution is 2.17. The van der Waals surface area contributed by atoms with E-state index in [1.807, 2.05) is 0 Å². The summed E-state index contributed by atoms with van der Waals surface area (Å²) in [6.45, 7) is 0.737. The molecule has 0 saturated heterocycles. The van der Waals surface area contributed by atoms with Crippen molar-refractivity contribution in [3.8, 4) is 5.75 Å². The fourth-order valence-electron chi connectivity index (χ4n) is 2.13. The molecule has 0 heterocycles. The van der Waals surface area contributed by atoms with Crippen molar-refractivity contribution in [2.45, 2.75) is 6.42 Å². The van der Waals surface area contributed by atoms with E-state index in [9.17, 15) is 9.59 Å². The highest BCUT2D eigenvalue weighted by molar-refractivity contribution is 6.30. The summed E-state index contributed by atoms with van der Waals surface area (Å²) < 4.78 is 5.57. The fraction of sp³-hybridized carbons (Fsp3) is 0.222. The Bertz CT molecular complexity index is 735. The maximum absolute atomic E-state index is 12.3. The normalized spacial score (nSPS) is 10.2. The predicted molar refractivity (Wildman–Crippen MR) is 97.9 cm³/mol. The van der Waals surface area contributed by atoms with E-state index in [0.29, 0.717) is 35.2 Å². The summed E-state index contributed by atoms with van der Waals surface area (Å²) in [5.41, 5.74) is 6.47. The first kappa shape index (κ1) is 18.6. The molecule has 3 N–H and O–H groups in total. The third kappa shape index (κ3) is 6.00. The number of amides is 3. The van der Waals surface area contributed by atoms with Crippen molar-refractivity contribution in [2.24, 2.45) is 5.73 Å². The van der Waals surface area contributed by atoms with Crippen LogP contribution in [0.25, 0.3) is 0 Å². The number of anilines is 1. The predicted octanol–water partition coefficient (Wildman–Crippen LogP) is 2.91. The van der Waals surface area contributed by atoms with Crippen molar-refractivity contribution < 1.29 is 14.3 Å².